The number of hydrogen-bond donors (Lipinski definition) is 0. The van der Waals surface area contributed by atoms with Crippen LogP contribution in [-0.4, -0.2) is 31.8 Å². The van der Waals surface area contributed by atoms with E-state index in [0.717, 1.165) is 18.6 Å². The van der Waals surface area contributed by atoms with Crippen LogP contribution in [0.25, 0.3) is 0 Å². The Kier molecular flexibility index (Phi) is 6.91. The van der Waals surface area contributed by atoms with Crippen LogP contribution >= 0.6 is 0 Å². The third kappa shape index (κ3) is 7.27. The average Bonchev–Trinajstić information content (AvgIpc) is 2.20. The topological polar surface area (TPSA) is 52.6 Å². The maximum absolute atomic E-state index is 11.6. The van der Waals surface area contributed by atoms with Gasteiger partial charge in [0.2, 0.25) is 0 Å². The summed E-state index contributed by atoms with van der Waals surface area (Å²) in [5.74, 6) is -1.01. The van der Waals surface area contributed by atoms with Crippen molar-refractivity contribution in [2.75, 3.05) is 0 Å². The summed E-state index contributed by atoms with van der Waals surface area (Å²) in [4.78, 5) is 22.8. The lowest BCUT2D eigenvalue weighted by Gasteiger charge is -2.26. The van der Waals surface area contributed by atoms with Crippen LogP contribution in [0.4, 0.5) is 0 Å². The largest absolute Gasteiger partial charge is 0.463 e. The van der Waals surface area contributed by atoms with Crippen LogP contribution in [0.5, 0.6) is 0 Å². The summed E-state index contributed by atoms with van der Waals surface area (Å²) in [5, 5.41) is 0. The Labute approximate surface area is 110 Å². The van der Waals surface area contributed by atoms with Gasteiger partial charge in [-0.2, -0.15) is 0 Å². The normalized spacial score (nSPS) is 13.7. The zero-order chi connectivity index (χ0) is 14.3. The first-order valence-corrected chi connectivity index (χ1v) is 9.83. The molecule has 0 saturated heterocycles. The van der Waals surface area contributed by atoms with Gasteiger partial charge < -0.3 is 9.47 Å². The van der Waals surface area contributed by atoms with Crippen molar-refractivity contribution in [3.8, 4) is 0 Å². The molecule has 0 radical (unpaired) electrons. The lowest BCUT2D eigenvalue weighted by atomic mass is 10.4. The molecule has 0 amide bonds. The predicted octanol–water partition coefficient (Wildman–Crippen LogP) is 2.69. The highest BCUT2D eigenvalue weighted by atomic mass is 28.3. The maximum Gasteiger partial charge on any atom is 0.331 e. The monoisotopic (exact) mass is 272 g/mol. The second kappa shape index (κ2) is 7.36. The molecule has 5 heteroatoms. The maximum atomic E-state index is 11.6. The van der Waals surface area contributed by atoms with Gasteiger partial charge in [-0.05, 0) is 20.3 Å². The van der Waals surface area contributed by atoms with Crippen molar-refractivity contribution < 1.29 is 19.1 Å². The van der Waals surface area contributed by atoms with Gasteiger partial charge in [-0.1, -0.05) is 26.6 Å². The van der Waals surface area contributed by atoms with Crippen LogP contribution in [-0.2, 0) is 19.1 Å². The number of ether oxygens (including phenoxy) is 2. The molecule has 0 heterocycles. The fourth-order valence-corrected chi connectivity index (χ4v) is 3.15. The molecular weight excluding hydrogens is 248 g/mol. The van der Waals surface area contributed by atoms with E-state index >= 15 is 0 Å². The molecule has 0 aromatic rings. The molecule has 4 nitrogen and oxygen atoms in total. The number of carbonyl (C=O) groups excluding carboxylic acids is 2. The smallest absolute Gasteiger partial charge is 0.331 e. The van der Waals surface area contributed by atoms with Gasteiger partial charge >= 0.3 is 11.9 Å². The second-order valence-corrected chi connectivity index (χ2v) is 10.9. The van der Waals surface area contributed by atoms with Crippen molar-refractivity contribution in [1.29, 1.82) is 0 Å². The van der Waals surface area contributed by atoms with Gasteiger partial charge in [0.15, 0.2) is 0 Å². The molecule has 0 N–H and O–H groups in total. The average molecular weight is 272 g/mol. The van der Waals surface area contributed by atoms with E-state index in [4.69, 9.17) is 9.47 Å². The Morgan fingerprint density at radius 2 is 1.50 bits per heavy atom. The van der Waals surface area contributed by atoms with Crippen LogP contribution in [0.2, 0.25) is 19.6 Å². The molecule has 1 atom stereocenters. The van der Waals surface area contributed by atoms with Gasteiger partial charge in [-0.25, -0.2) is 9.59 Å². The minimum Gasteiger partial charge on any atom is -0.463 e. The van der Waals surface area contributed by atoms with E-state index in [1.54, 1.807) is 13.8 Å². The Bertz CT molecular complexity index is 315. The number of esters is 2. The highest BCUT2D eigenvalue weighted by Crippen LogP contribution is 2.15. The van der Waals surface area contributed by atoms with Gasteiger partial charge in [0, 0.05) is 12.2 Å². The van der Waals surface area contributed by atoms with Gasteiger partial charge in [0.25, 0.3) is 0 Å². The first kappa shape index (κ1) is 16.9. The number of rotatable bonds is 6. The molecule has 0 aliphatic carbocycles. The van der Waals surface area contributed by atoms with Gasteiger partial charge in [-0.15, -0.1) is 0 Å². The third-order valence-electron chi connectivity index (χ3n) is 2.30. The lowest BCUT2D eigenvalue weighted by molar-refractivity contribution is -0.143. The molecule has 0 rings (SSSR count). The molecule has 104 valence electrons. The molecule has 1 unspecified atom stereocenters. The summed E-state index contributed by atoms with van der Waals surface area (Å²) in [6.07, 6.45) is 2.85. The van der Waals surface area contributed by atoms with E-state index in [1.165, 1.54) is 0 Å². The molecule has 0 bridgehead atoms. The van der Waals surface area contributed by atoms with Crippen molar-refractivity contribution in [3.63, 3.8) is 0 Å². The van der Waals surface area contributed by atoms with E-state index in [2.05, 4.69) is 19.6 Å². The van der Waals surface area contributed by atoms with E-state index in [9.17, 15) is 9.59 Å². The minimum absolute atomic E-state index is 0.0317. The first-order chi connectivity index (χ1) is 8.16. The minimum atomic E-state index is -1.52. The van der Waals surface area contributed by atoms with Gasteiger partial charge in [-0.3, -0.25) is 0 Å². The summed E-state index contributed by atoms with van der Waals surface area (Å²) in [6, 6.07) is 0. The van der Waals surface area contributed by atoms with Crippen molar-refractivity contribution in [2.24, 2.45) is 0 Å². The quantitative estimate of drug-likeness (QED) is 0.424. The summed E-state index contributed by atoms with van der Waals surface area (Å²) in [6.45, 7) is 11.9. The molecule has 0 aliphatic rings. The third-order valence-corrected chi connectivity index (χ3v) is 4.76. The Balaban J connectivity index is 4.34. The SMILES string of the molecule is CCC(OC(=O)/C=C/C(=O)OC(C)C)[Si](C)(C)C. The zero-order valence-electron chi connectivity index (χ0n) is 12.1. The molecule has 0 aliphatic heterocycles. The molecule has 0 saturated carbocycles. The summed E-state index contributed by atoms with van der Waals surface area (Å²) in [7, 11) is -1.52. The van der Waals surface area contributed by atoms with E-state index in [1.807, 2.05) is 6.92 Å². The van der Waals surface area contributed by atoms with Crippen LogP contribution in [0.15, 0.2) is 12.2 Å². The highest BCUT2D eigenvalue weighted by molar-refractivity contribution is 6.77. The fourth-order valence-electron chi connectivity index (χ4n) is 1.46. The van der Waals surface area contributed by atoms with Gasteiger partial charge in [0.1, 0.15) is 0 Å². The van der Waals surface area contributed by atoms with E-state index < -0.39 is 20.0 Å². The lowest BCUT2D eigenvalue weighted by Crippen LogP contribution is -2.41. The molecular formula is C13H24O4Si. The Morgan fingerprint density at radius 1 is 1.06 bits per heavy atom. The molecule has 0 spiro atoms. The molecule has 0 aromatic heterocycles. The fraction of sp³-hybridized carbons (Fsp3) is 0.692. The number of hydrogen-bond acceptors (Lipinski definition) is 4. The summed E-state index contributed by atoms with van der Waals surface area (Å²) in [5.41, 5.74) is -0.0317. The van der Waals surface area contributed by atoms with Crippen molar-refractivity contribution >= 4 is 20.0 Å². The highest BCUT2D eigenvalue weighted by Gasteiger charge is 2.28. The molecule has 0 aromatic carbocycles. The van der Waals surface area contributed by atoms with Crippen LogP contribution in [0, 0.1) is 0 Å². The van der Waals surface area contributed by atoms with Crippen molar-refractivity contribution in [3.05, 3.63) is 12.2 Å². The van der Waals surface area contributed by atoms with Crippen molar-refractivity contribution in [2.45, 2.75) is 58.7 Å². The predicted molar refractivity (Wildman–Crippen MR) is 73.9 cm³/mol. The van der Waals surface area contributed by atoms with Gasteiger partial charge in [0.05, 0.1) is 19.9 Å². The van der Waals surface area contributed by atoms with Crippen LogP contribution < -0.4 is 0 Å². The first-order valence-electron chi connectivity index (χ1n) is 6.26. The molecule has 18 heavy (non-hydrogen) atoms. The van der Waals surface area contributed by atoms with E-state index in [-0.39, 0.29) is 11.8 Å². The molecule has 0 fully saturated rings. The van der Waals surface area contributed by atoms with Crippen LogP contribution in [0.1, 0.15) is 27.2 Å². The van der Waals surface area contributed by atoms with Crippen molar-refractivity contribution in [1.82, 2.24) is 0 Å². The second-order valence-electron chi connectivity index (χ2n) is 5.52. The van der Waals surface area contributed by atoms with Crippen LogP contribution in [0.3, 0.4) is 0 Å². The Hall–Kier alpha value is -1.10. The standard InChI is InChI=1S/C13H24O4Si/c1-7-13(18(4,5)6)17-12(15)9-8-11(14)16-10(2)3/h8-10,13H,7H2,1-6H3/b9-8+. The zero-order valence-corrected chi connectivity index (χ0v) is 13.1. The summed E-state index contributed by atoms with van der Waals surface area (Å²) >= 11 is 0. The Morgan fingerprint density at radius 3 is 1.83 bits per heavy atom. The summed E-state index contributed by atoms with van der Waals surface area (Å²) < 4.78 is 10.2. The van der Waals surface area contributed by atoms with E-state index in [0.29, 0.717) is 0 Å². The number of carbonyl (C=O) groups is 2.